The van der Waals surface area contributed by atoms with Gasteiger partial charge in [0.15, 0.2) is 0 Å². The number of nitrogens with two attached hydrogens (primary N) is 1. The molecule has 0 fully saturated rings. The molecule has 0 spiro atoms. The van der Waals surface area contributed by atoms with Crippen molar-refractivity contribution in [2.45, 2.75) is 19.5 Å². The SMILES string of the molecule is COCCn1cccc1-c1noc(C(C)N)n1. The van der Waals surface area contributed by atoms with E-state index >= 15 is 0 Å². The molecule has 0 aromatic carbocycles. The maximum atomic E-state index is 5.68. The van der Waals surface area contributed by atoms with E-state index < -0.39 is 0 Å². The van der Waals surface area contributed by atoms with Gasteiger partial charge < -0.3 is 19.6 Å². The van der Waals surface area contributed by atoms with E-state index in [2.05, 4.69) is 10.1 Å². The van der Waals surface area contributed by atoms with Gasteiger partial charge in [-0.2, -0.15) is 4.98 Å². The van der Waals surface area contributed by atoms with Crippen molar-refractivity contribution >= 4 is 0 Å². The molecular weight excluding hydrogens is 220 g/mol. The predicted molar refractivity (Wildman–Crippen MR) is 62.2 cm³/mol. The molecule has 2 N–H and O–H groups in total. The maximum absolute atomic E-state index is 5.68. The standard InChI is InChI=1S/C11H16N4O2/c1-8(12)11-13-10(14-17-11)9-4-3-5-15(9)6-7-16-2/h3-5,8H,6-7,12H2,1-2H3. The fourth-order valence-electron chi connectivity index (χ4n) is 1.53. The largest absolute Gasteiger partial charge is 0.383 e. The lowest BCUT2D eigenvalue weighted by atomic mass is 10.3. The van der Waals surface area contributed by atoms with Gasteiger partial charge in [-0.1, -0.05) is 5.16 Å². The highest BCUT2D eigenvalue weighted by Gasteiger charge is 2.14. The third-order valence-electron chi connectivity index (χ3n) is 2.43. The second-order valence-corrected chi connectivity index (χ2v) is 3.82. The molecule has 6 nitrogen and oxygen atoms in total. The molecule has 0 aliphatic carbocycles. The Morgan fingerprint density at radius 2 is 2.41 bits per heavy atom. The highest BCUT2D eigenvalue weighted by atomic mass is 16.5. The summed E-state index contributed by atoms with van der Waals surface area (Å²) in [6.45, 7) is 3.20. The first-order valence-electron chi connectivity index (χ1n) is 5.46. The Labute approximate surface area is 99.4 Å². The van der Waals surface area contributed by atoms with Crippen molar-refractivity contribution in [2.24, 2.45) is 5.73 Å². The monoisotopic (exact) mass is 236 g/mol. The van der Waals surface area contributed by atoms with Gasteiger partial charge in [-0.25, -0.2) is 0 Å². The van der Waals surface area contributed by atoms with E-state index in [0.29, 0.717) is 18.3 Å². The Morgan fingerprint density at radius 1 is 1.59 bits per heavy atom. The topological polar surface area (TPSA) is 79.1 Å². The maximum Gasteiger partial charge on any atom is 0.243 e. The highest BCUT2D eigenvalue weighted by Crippen LogP contribution is 2.18. The Hall–Kier alpha value is -1.66. The van der Waals surface area contributed by atoms with Crippen LogP contribution in [0.5, 0.6) is 0 Å². The number of hydrogen-bond donors (Lipinski definition) is 1. The quantitative estimate of drug-likeness (QED) is 0.844. The third-order valence-corrected chi connectivity index (χ3v) is 2.43. The van der Waals surface area contributed by atoms with Crippen molar-refractivity contribution < 1.29 is 9.26 Å². The van der Waals surface area contributed by atoms with Crippen LogP contribution in [0.1, 0.15) is 18.9 Å². The molecule has 2 rings (SSSR count). The fraction of sp³-hybridized carbons (Fsp3) is 0.455. The van der Waals surface area contributed by atoms with Gasteiger partial charge >= 0.3 is 0 Å². The molecule has 2 aromatic rings. The van der Waals surface area contributed by atoms with Gasteiger partial charge in [-0.3, -0.25) is 0 Å². The summed E-state index contributed by atoms with van der Waals surface area (Å²) in [4.78, 5) is 4.26. The number of hydrogen-bond acceptors (Lipinski definition) is 5. The fourth-order valence-corrected chi connectivity index (χ4v) is 1.53. The molecule has 0 radical (unpaired) electrons. The molecule has 0 amide bonds. The minimum atomic E-state index is -0.251. The van der Waals surface area contributed by atoms with Crippen molar-refractivity contribution in [3.63, 3.8) is 0 Å². The Morgan fingerprint density at radius 3 is 3.06 bits per heavy atom. The number of aromatic nitrogens is 3. The van der Waals surface area contributed by atoms with Gasteiger partial charge in [0.1, 0.15) is 0 Å². The zero-order valence-electron chi connectivity index (χ0n) is 9.96. The lowest BCUT2D eigenvalue weighted by Gasteiger charge is -2.04. The molecule has 0 aliphatic rings. The molecule has 0 bridgehead atoms. The number of methoxy groups -OCH3 is 1. The third kappa shape index (κ3) is 2.54. The predicted octanol–water partition coefficient (Wildman–Crippen LogP) is 1.20. The van der Waals surface area contributed by atoms with Crippen LogP contribution in [0, 0.1) is 0 Å². The van der Waals surface area contributed by atoms with E-state index in [1.807, 2.05) is 22.9 Å². The second kappa shape index (κ2) is 5.11. The van der Waals surface area contributed by atoms with Crippen LogP contribution >= 0.6 is 0 Å². The minimum Gasteiger partial charge on any atom is -0.383 e. The van der Waals surface area contributed by atoms with Gasteiger partial charge in [0.25, 0.3) is 0 Å². The van der Waals surface area contributed by atoms with E-state index in [4.69, 9.17) is 15.0 Å². The van der Waals surface area contributed by atoms with E-state index in [9.17, 15) is 0 Å². The Bertz CT molecular complexity index is 475. The summed E-state index contributed by atoms with van der Waals surface area (Å²) in [6.07, 6.45) is 1.95. The molecule has 0 saturated carbocycles. The molecule has 2 heterocycles. The summed E-state index contributed by atoms with van der Waals surface area (Å²) in [5.74, 6) is 0.998. The lowest BCUT2D eigenvalue weighted by molar-refractivity contribution is 0.187. The Balaban J connectivity index is 2.23. The first-order chi connectivity index (χ1) is 8.22. The van der Waals surface area contributed by atoms with Gasteiger partial charge in [0.2, 0.25) is 11.7 Å². The lowest BCUT2D eigenvalue weighted by Crippen LogP contribution is -2.06. The molecule has 6 heteroatoms. The van der Waals surface area contributed by atoms with Crippen molar-refractivity contribution in [1.29, 1.82) is 0 Å². The van der Waals surface area contributed by atoms with Crippen LogP contribution in [-0.2, 0) is 11.3 Å². The van der Waals surface area contributed by atoms with Crippen molar-refractivity contribution in [2.75, 3.05) is 13.7 Å². The summed E-state index contributed by atoms with van der Waals surface area (Å²) in [7, 11) is 1.67. The zero-order valence-corrected chi connectivity index (χ0v) is 9.96. The first kappa shape index (κ1) is 11.8. The summed E-state index contributed by atoms with van der Waals surface area (Å²) >= 11 is 0. The number of nitrogens with zero attached hydrogens (tertiary/aromatic N) is 3. The normalized spacial score (nSPS) is 12.9. The summed E-state index contributed by atoms with van der Waals surface area (Å²) < 4.78 is 12.1. The molecule has 2 aromatic heterocycles. The van der Waals surface area contributed by atoms with Crippen LogP contribution in [0.4, 0.5) is 0 Å². The van der Waals surface area contributed by atoms with Gasteiger partial charge in [-0.05, 0) is 19.1 Å². The molecule has 1 atom stereocenters. The van der Waals surface area contributed by atoms with Gasteiger partial charge in [0.05, 0.1) is 18.3 Å². The van der Waals surface area contributed by atoms with E-state index in [1.54, 1.807) is 14.0 Å². The average Bonchev–Trinajstić information content (AvgIpc) is 2.94. The van der Waals surface area contributed by atoms with Crippen LogP contribution in [0.15, 0.2) is 22.9 Å². The zero-order chi connectivity index (χ0) is 12.3. The molecule has 1 unspecified atom stereocenters. The molecular formula is C11H16N4O2. The summed E-state index contributed by atoms with van der Waals surface area (Å²) in [5.41, 5.74) is 6.58. The second-order valence-electron chi connectivity index (χ2n) is 3.82. The molecule has 0 saturated heterocycles. The van der Waals surface area contributed by atoms with E-state index in [-0.39, 0.29) is 6.04 Å². The van der Waals surface area contributed by atoms with Crippen LogP contribution < -0.4 is 5.73 Å². The highest BCUT2D eigenvalue weighted by molar-refractivity contribution is 5.49. The van der Waals surface area contributed by atoms with Crippen LogP contribution in [0.3, 0.4) is 0 Å². The van der Waals surface area contributed by atoms with Crippen molar-refractivity contribution in [1.82, 2.24) is 14.7 Å². The smallest absolute Gasteiger partial charge is 0.243 e. The van der Waals surface area contributed by atoms with Crippen LogP contribution in [0.2, 0.25) is 0 Å². The van der Waals surface area contributed by atoms with E-state index in [0.717, 1.165) is 12.2 Å². The van der Waals surface area contributed by atoms with Crippen LogP contribution in [0.25, 0.3) is 11.5 Å². The first-order valence-corrected chi connectivity index (χ1v) is 5.46. The number of rotatable bonds is 5. The summed E-state index contributed by atoms with van der Waals surface area (Å²) in [5, 5.41) is 3.92. The molecule has 17 heavy (non-hydrogen) atoms. The molecule has 92 valence electrons. The minimum absolute atomic E-state index is 0.251. The Kier molecular flexibility index (Phi) is 3.55. The van der Waals surface area contributed by atoms with Gasteiger partial charge in [-0.15, -0.1) is 0 Å². The molecule has 0 aliphatic heterocycles. The van der Waals surface area contributed by atoms with Crippen molar-refractivity contribution in [3.05, 3.63) is 24.2 Å². The van der Waals surface area contributed by atoms with E-state index in [1.165, 1.54) is 0 Å². The summed E-state index contributed by atoms with van der Waals surface area (Å²) in [6, 6.07) is 3.62. The number of ether oxygens (including phenoxy) is 1. The average molecular weight is 236 g/mol. The van der Waals surface area contributed by atoms with Gasteiger partial charge in [0, 0.05) is 19.9 Å². The van der Waals surface area contributed by atoms with Crippen molar-refractivity contribution in [3.8, 4) is 11.5 Å². The van der Waals surface area contributed by atoms with Crippen LogP contribution in [-0.4, -0.2) is 28.4 Å².